The van der Waals surface area contributed by atoms with Crippen molar-refractivity contribution in [3.05, 3.63) is 96.1 Å². The van der Waals surface area contributed by atoms with Crippen molar-refractivity contribution in [3.8, 4) is 0 Å². The minimum atomic E-state index is -0.720. The van der Waals surface area contributed by atoms with E-state index in [1.54, 1.807) is 41.3 Å². The van der Waals surface area contributed by atoms with Gasteiger partial charge in [-0.15, -0.1) is 0 Å². The monoisotopic (exact) mass is 458 g/mol. The van der Waals surface area contributed by atoms with Gasteiger partial charge >= 0.3 is 0 Å². The zero-order chi connectivity index (χ0) is 24.3. The molecule has 0 radical (unpaired) electrons. The fourth-order valence-electron chi connectivity index (χ4n) is 3.57. The lowest BCUT2D eigenvalue weighted by Crippen LogP contribution is -2.37. The van der Waals surface area contributed by atoms with Crippen molar-refractivity contribution in [2.24, 2.45) is 0 Å². The number of hydrogen-bond donors (Lipinski definition) is 3. The van der Waals surface area contributed by atoms with E-state index >= 15 is 0 Å². The van der Waals surface area contributed by atoms with E-state index in [2.05, 4.69) is 16.0 Å². The van der Waals surface area contributed by atoms with Crippen LogP contribution in [0, 0.1) is 0 Å². The van der Waals surface area contributed by atoms with Crippen LogP contribution in [0.3, 0.4) is 0 Å². The molecule has 3 rings (SSSR count). The number of carbonyl (C=O) groups is 3. The van der Waals surface area contributed by atoms with Gasteiger partial charge in [-0.3, -0.25) is 19.7 Å². The average molecular weight is 459 g/mol. The molecule has 3 aromatic carbocycles. The van der Waals surface area contributed by atoms with E-state index in [4.69, 9.17) is 0 Å². The minimum absolute atomic E-state index is 0.0825. The molecule has 0 bridgehead atoms. The van der Waals surface area contributed by atoms with Crippen molar-refractivity contribution in [1.29, 1.82) is 0 Å². The van der Waals surface area contributed by atoms with Crippen LogP contribution in [0.25, 0.3) is 0 Å². The lowest BCUT2D eigenvalue weighted by molar-refractivity contribution is -0.119. The number of carbonyl (C=O) groups excluding carboxylic acids is 3. The highest BCUT2D eigenvalue weighted by Crippen LogP contribution is 2.17. The van der Waals surface area contributed by atoms with Gasteiger partial charge in [-0.25, -0.2) is 0 Å². The molecule has 0 spiro atoms. The highest BCUT2D eigenvalue weighted by atomic mass is 16.2. The van der Waals surface area contributed by atoms with Crippen molar-refractivity contribution in [2.45, 2.75) is 19.9 Å². The van der Waals surface area contributed by atoms with Crippen LogP contribution < -0.4 is 16.0 Å². The second-order valence-electron chi connectivity index (χ2n) is 7.69. The molecule has 0 aliphatic heterocycles. The molecule has 7 heteroatoms. The fourth-order valence-corrected chi connectivity index (χ4v) is 3.57. The molecule has 1 unspecified atom stereocenters. The third kappa shape index (κ3) is 6.76. The van der Waals surface area contributed by atoms with E-state index in [9.17, 15) is 14.4 Å². The summed E-state index contributed by atoms with van der Waals surface area (Å²) in [7, 11) is 0. The van der Waals surface area contributed by atoms with Crippen LogP contribution in [0.15, 0.2) is 84.9 Å². The van der Waals surface area contributed by atoms with Crippen LogP contribution in [0.5, 0.6) is 0 Å². The smallest absolute Gasteiger partial charge is 0.253 e. The summed E-state index contributed by atoms with van der Waals surface area (Å²) >= 11 is 0. The van der Waals surface area contributed by atoms with E-state index in [-0.39, 0.29) is 24.3 Å². The van der Waals surface area contributed by atoms with Crippen LogP contribution in [0.4, 0.5) is 11.4 Å². The SMILES string of the molecule is CCN(CC)C(=O)c1cccc(NC(=O)CNC(C(=O)Nc2ccccc2)c2ccccc2)c1. The molecule has 0 fully saturated rings. The van der Waals surface area contributed by atoms with E-state index in [0.29, 0.717) is 30.0 Å². The van der Waals surface area contributed by atoms with Crippen molar-refractivity contribution in [2.75, 3.05) is 30.3 Å². The number of rotatable bonds is 10. The third-order valence-corrected chi connectivity index (χ3v) is 5.35. The molecule has 0 aromatic heterocycles. The molecule has 0 saturated carbocycles. The van der Waals surface area contributed by atoms with Crippen molar-refractivity contribution >= 4 is 29.1 Å². The first-order valence-corrected chi connectivity index (χ1v) is 11.3. The van der Waals surface area contributed by atoms with Gasteiger partial charge in [0.15, 0.2) is 0 Å². The molecule has 0 heterocycles. The fraction of sp³-hybridized carbons (Fsp3) is 0.222. The Hall–Kier alpha value is -3.97. The Labute approximate surface area is 200 Å². The molecule has 1 atom stereocenters. The Morgan fingerprint density at radius 1 is 0.765 bits per heavy atom. The van der Waals surface area contributed by atoms with Gasteiger partial charge < -0.3 is 15.5 Å². The Kier molecular flexibility index (Phi) is 8.94. The third-order valence-electron chi connectivity index (χ3n) is 5.35. The number of nitrogens with zero attached hydrogens (tertiary/aromatic N) is 1. The number of anilines is 2. The molecule has 0 aliphatic rings. The van der Waals surface area contributed by atoms with Crippen molar-refractivity contribution in [3.63, 3.8) is 0 Å². The lowest BCUT2D eigenvalue weighted by atomic mass is 10.1. The Morgan fingerprint density at radius 3 is 2.03 bits per heavy atom. The molecule has 176 valence electrons. The predicted octanol–water partition coefficient (Wildman–Crippen LogP) is 4.08. The van der Waals surface area contributed by atoms with Crippen LogP contribution in [-0.2, 0) is 9.59 Å². The molecular formula is C27H30N4O3. The number of amides is 3. The van der Waals surface area contributed by atoms with Crippen LogP contribution >= 0.6 is 0 Å². The van der Waals surface area contributed by atoms with Crippen LogP contribution in [-0.4, -0.2) is 42.3 Å². The van der Waals surface area contributed by atoms with Gasteiger partial charge in [0.2, 0.25) is 11.8 Å². The Balaban J connectivity index is 1.66. The summed E-state index contributed by atoms with van der Waals surface area (Å²) in [6.45, 7) is 4.99. The van der Waals surface area contributed by atoms with Crippen molar-refractivity contribution < 1.29 is 14.4 Å². The Morgan fingerprint density at radius 2 is 1.38 bits per heavy atom. The summed E-state index contributed by atoms with van der Waals surface area (Å²) in [5.74, 6) is -0.668. The molecule has 3 amide bonds. The summed E-state index contributed by atoms with van der Waals surface area (Å²) in [6.07, 6.45) is 0. The van der Waals surface area contributed by atoms with Crippen LogP contribution in [0.1, 0.15) is 35.8 Å². The average Bonchev–Trinajstić information content (AvgIpc) is 2.86. The first-order chi connectivity index (χ1) is 16.5. The van der Waals surface area contributed by atoms with Crippen LogP contribution in [0.2, 0.25) is 0 Å². The van der Waals surface area contributed by atoms with Gasteiger partial charge in [-0.2, -0.15) is 0 Å². The highest BCUT2D eigenvalue weighted by molar-refractivity contribution is 5.98. The van der Waals surface area contributed by atoms with Gasteiger partial charge in [0.25, 0.3) is 5.91 Å². The molecule has 34 heavy (non-hydrogen) atoms. The van der Waals surface area contributed by atoms with Gasteiger partial charge in [0, 0.05) is 30.0 Å². The van der Waals surface area contributed by atoms with Gasteiger partial charge in [-0.1, -0.05) is 54.6 Å². The predicted molar refractivity (Wildman–Crippen MR) is 135 cm³/mol. The van der Waals surface area contributed by atoms with E-state index < -0.39 is 6.04 Å². The van der Waals surface area contributed by atoms with E-state index in [0.717, 1.165) is 5.56 Å². The first-order valence-electron chi connectivity index (χ1n) is 11.3. The Bertz CT molecular complexity index is 1100. The maximum atomic E-state index is 13.0. The second kappa shape index (κ2) is 12.3. The largest absolute Gasteiger partial charge is 0.339 e. The summed E-state index contributed by atoms with van der Waals surface area (Å²) < 4.78 is 0. The topological polar surface area (TPSA) is 90.5 Å². The maximum Gasteiger partial charge on any atom is 0.253 e. The zero-order valence-corrected chi connectivity index (χ0v) is 19.5. The molecule has 7 nitrogen and oxygen atoms in total. The minimum Gasteiger partial charge on any atom is -0.339 e. The highest BCUT2D eigenvalue weighted by Gasteiger charge is 2.21. The van der Waals surface area contributed by atoms with Crippen molar-refractivity contribution in [1.82, 2.24) is 10.2 Å². The number of hydrogen-bond acceptors (Lipinski definition) is 4. The van der Waals surface area contributed by atoms with Gasteiger partial charge in [0.1, 0.15) is 6.04 Å². The summed E-state index contributed by atoms with van der Waals surface area (Å²) in [5, 5.41) is 8.73. The summed E-state index contributed by atoms with van der Waals surface area (Å²) in [4.78, 5) is 40.0. The summed E-state index contributed by atoms with van der Waals surface area (Å²) in [6, 6.07) is 24.5. The second-order valence-corrected chi connectivity index (χ2v) is 7.69. The first kappa shape index (κ1) is 24.7. The molecule has 0 aliphatic carbocycles. The quantitative estimate of drug-likeness (QED) is 0.427. The molecule has 3 aromatic rings. The number of benzene rings is 3. The standard InChI is InChI=1S/C27H30N4O3/c1-3-31(4-2)27(34)21-14-11-17-23(18-21)29-24(32)19-28-25(20-12-7-5-8-13-20)26(33)30-22-15-9-6-10-16-22/h5-18,25,28H,3-4,19H2,1-2H3,(H,29,32)(H,30,33). The zero-order valence-electron chi connectivity index (χ0n) is 19.5. The van der Waals surface area contributed by atoms with E-state index in [1.165, 1.54) is 0 Å². The molecular weight excluding hydrogens is 428 g/mol. The molecule has 3 N–H and O–H groups in total. The maximum absolute atomic E-state index is 13.0. The van der Waals surface area contributed by atoms with Gasteiger partial charge in [-0.05, 0) is 49.7 Å². The van der Waals surface area contributed by atoms with E-state index in [1.807, 2.05) is 62.4 Å². The normalized spacial score (nSPS) is 11.4. The molecule has 0 saturated heterocycles. The number of para-hydroxylation sites is 1. The van der Waals surface area contributed by atoms with Gasteiger partial charge in [0.05, 0.1) is 6.54 Å². The lowest BCUT2D eigenvalue weighted by Gasteiger charge is -2.20. The number of nitrogens with one attached hydrogen (secondary N) is 3. The summed E-state index contributed by atoms with van der Waals surface area (Å²) in [5.41, 5.74) is 2.46.